The topological polar surface area (TPSA) is 59.6 Å². The summed E-state index contributed by atoms with van der Waals surface area (Å²) in [5, 5.41) is 6.43. The van der Waals surface area contributed by atoms with Crippen LogP contribution in [0, 0.1) is 0 Å². The number of benzene rings is 2. The van der Waals surface area contributed by atoms with Crippen LogP contribution in [0.4, 0.5) is 0 Å². The molecule has 2 atom stereocenters. The van der Waals surface area contributed by atoms with Crippen LogP contribution < -0.4 is 20.1 Å². The maximum atomic E-state index is 12.6. The molecule has 2 N–H and O–H groups in total. The Morgan fingerprint density at radius 3 is 2.52 bits per heavy atom. The number of hydrogen-bond acceptors (Lipinski definition) is 4. The zero-order chi connectivity index (χ0) is 17.1. The maximum absolute atomic E-state index is 12.6. The van der Waals surface area contributed by atoms with Crippen LogP contribution >= 0.6 is 0 Å². The van der Waals surface area contributed by atoms with E-state index in [1.54, 1.807) is 0 Å². The van der Waals surface area contributed by atoms with E-state index < -0.39 is 0 Å². The minimum Gasteiger partial charge on any atom is -0.486 e. The second kappa shape index (κ2) is 7.15. The number of nitrogens with one attached hydrogen (secondary N) is 2. The largest absolute Gasteiger partial charge is 0.486 e. The highest BCUT2D eigenvalue weighted by Gasteiger charge is 2.29. The van der Waals surface area contributed by atoms with Crippen molar-refractivity contribution in [2.75, 3.05) is 13.2 Å². The van der Waals surface area contributed by atoms with Crippen molar-refractivity contribution in [3.05, 3.63) is 60.2 Å². The Morgan fingerprint density at radius 2 is 1.76 bits per heavy atom. The lowest BCUT2D eigenvalue weighted by Gasteiger charge is -2.28. The first-order valence-electron chi connectivity index (χ1n) is 8.77. The maximum Gasteiger partial charge on any atom is 0.241 e. The fourth-order valence-corrected chi connectivity index (χ4v) is 2.93. The fraction of sp³-hybridized carbons (Fsp3) is 0.350. The molecule has 1 fully saturated rings. The van der Waals surface area contributed by atoms with Crippen molar-refractivity contribution in [3.8, 4) is 11.5 Å². The van der Waals surface area contributed by atoms with Crippen LogP contribution in [0.2, 0.25) is 0 Å². The van der Waals surface area contributed by atoms with Crippen LogP contribution in [0.25, 0.3) is 0 Å². The molecule has 130 valence electrons. The van der Waals surface area contributed by atoms with Gasteiger partial charge in [-0.3, -0.25) is 10.1 Å². The molecule has 0 radical (unpaired) electrons. The molecule has 2 aliphatic rings. The lowest BCUT2D eigenvalue weighted by Crippen LogP contribution is -2.44. The number of ether oxygens (including phenoxy) is 2. The molecule has 1 heterocycles. The second-order valence-electron chi connectivity index (χ2n) is 6.53. The quantitative estimate of drug-likeness (QED) is 0.849. The third-order valence-electron chi connectivity index (χ3n) is 4.44. The molecule has 0 spiro atoms. The van der Waals surface area contributed by atoms with Crippen LogP contribution in [-0.4, -0.2) is 31.2 Å². The highest BCUT2D eigenvalue weighted by molar-refractivity contribution is 5.83. The molecule has 0 aromatic heterocycles. The van der Waals surface area contributed by atoms with Gasteiger partial charge < -0.3 is 14.8 Å². The van der Waals surface area contributed by atoms with Gasteiger partial charge >= 0.3 is 0 Å². The van der Waals surface area contributed by atoms with Crippen LogP contribution in [0.5, 0.6) is 11.5 Å². The molecule has 1 saturated carbocycles. The molecular formula is C20H22N2O3. The zero-order valence-electron chi connectivity index (χ0n) is 14.0. The molecule has 1 aliphatic heterocycles. The fourth-order valence-electron chi connectivity index (χ4n) is 2.93. The Morgan fingerprint density at radius 1 is 1.04 bits per heavy atom. The van der Waals surface area contributed by atoms with Gasteiger partial charge in [0.05, 0.1) is 0 Å². The Labute approximate surface area is 147 Å². The number of fused-ring (bicyclic) bond motifs is 1. The molecule has 1 aliphatic carbocycles. The summed E-state index contributed by atoms with van der Waals surface area (Å²) in [6.45, 7) is 1.00. The summed E-state index contributed by atoms with van der Waals surface area (Å²) in [6, 6.07) is 17.4. The Balaban J connectivity index is 1.41. The van der Waals surface area contributed by atoms with Crippen LogP contribution in [0.1, 0.15) is 24.4 Å². The number of para-hydroxylation sites is 2. The van der Waals surface area contributed by atoms with Gasteiger partial charge in [0.1, 0.15) is 18.8 Å². The van der Waals surface area contributed by atoms with Crippen molar-refractivity contribution in [1.29, 1.82) is 0 Å². The van der Waals surface area contributed by atoms with Crippen LogP contribution in [0.3, 0.4) is 0 Å². The predicted octanol–water partition coefficient (Wildman–Crippen LogP) is 2.44. The Hall–Kier alpha value is -2.53. The smallest absolute Gasteiger partial charge is 0.241 e. The van der Waals surface area contributed by atoms with Gasteiger partial charge in [-0.2, -0.15) is 0 Å². The Bertz CT molecular complexity index is 731. The molecule has 0 saturated heterocycles. The average molecular weight is 338 g/mol. The number of carbonyl (C=O) groups excluding carboxylic acids is 1. The predicted molar refractivity (Wildman–Crippen MR) is 94.7 cm³/mol. The third-order valence-corrected chi connectivity index (χ3v) is 4.44. The number of hydrogen-bond donors (Lipinski definition) is 2. The van der Waals surface area contributed by atoms with Crippen molar-refractivity contribution in [2.45, 2.75) is 31.0 Å². The van der Waals surface area contributed by atoms with Gasteiger partial charge in [-0.05, 0) is 30.5 Å². The monoisotopic (exact) mass is 338 g/mol. The second-order valence-corrected chi connectivity index (χ2v) is 6.53. The molecule has 1 amide bonds. The SMILES string of the molecule is O=C(NC1CC1)[C@H](NC[C@@H]1COc2ccccc2O1)c1ccccc1. The van der Waals surface area contributed by atoms with E-state index in [9.17, 15) is 4.79 Å². The molecule has 2 aromatic carbocycles. The summed E-state index contributed by atoms with van der Waals surface area (Å²) >= 11 is 0. The van der Waals surface area contributed by atoms with Crippen LogP contribution in [0.15, 0.2) is 54.6 Å². The highest BCUT2D eigenvalue weighted by Crippen LogP contribution is 2.31. The van der Waals surface area contributed by atoms with Crippen molar-refractivity contribution in [1.82, 2.24) is 10.6 Å². The Kier molecular flexibility index (Phi) is 4.57. The van der Waals surface area contributed by atoms with Crippen molar-refractivity contribution < 1.29 is 14.3 Å². The third kappa shape index (κ3) is 3.94. The van der Waals surface area contributed by atoms with Gasteiger partial charge in [0.25, 0.3) is 0 Å². The van der Waals surface area contributed by atoms with Gasteiger partial charge in [0.15, 0.2) is 11.5 Å². The first-order chi connectivity index (χ1) is 12.3. The van der Waals surface area contributed by atoms with Crippen molar-refractivity contribution in [2.24, 2.45) is 0 Å². The zero-order valence-corrected chi connectivity index (χ0v) is 14.0. The molecular weight excluding hydrogens is 316 g/mol. The summed E-state index contributed by atoms with van der Waals surface area (Å²) in [5.74, 6) is 1.54. The molecule has 5 heteroatoms. The van der Waals surface area contributed by atoms with Gasteiger partial charge in [-0.1, -0.05) is 42.5 Å². The average Bonchev–Trinajstić information content (AvgIpc) is 3.46. The molecule has 5 nitrogen and oxygen atoms in total. The standard InChI is InChI=1S/C20H22N2O3/c23-20(22-15-10-11-15)19(14-6-2-1-3-7-14)21-12-16-13-24-17-8-4-5-9-18(17)25-16/h1-9,15-16,19,21H,10-13H2,(H,22,23)/t16-,19-/m1/s1. The van der Waals surface area contributed by atoms with Gasteiger partial charge in [-0.15, -0.1) is 0 Å². The summed E-state index contributed by atoms with van der Waals surface area (Å²) in [6.07, 6.45) is 2.02. The first-order valence-corrected chi connectivity index (χ1v) is 8.77. The summed E-state index contributed by atoms with van der Waals surface area (Å²) in [5.41, 5.74) is 0.956. The molecule has 4 rings (SSSR count). The van der Waals surface area contributed by atoms with Gasteiger partial charge in [0.2, 0.25) is 5.91 Å². The van der Waals surface area contributed by atoms with Crippen LogP contribution in [-0.2, 0) is 4.79 Å². The lowest BCUT2D eigenvalue weighted by molar-refractivity contribution is -0.123. The van der Waals surface area contributed by atoms with E-state index in [-0.39, 0.29) is 18.1 Å². The van der Waals surface area contributed by atoms with Gasteiger partial charge in [0, 0.05) is 12.6 Å². The molecule has 2 aromatic rings. The van der Waals surface area contributed by atoms with Gasteiger partial charge in [-0.25, -0.2) is 0 Å². The highest BCUT2D eigenvalue weighted by atomic mass is 16.6. The van der Waals surface area contributed by atoms with E-state index in [2.05, 4.69) is 10.6 Å². The van der Waals surface area contributed by atoms with E-state index in [4.69, 9.17) is 9.47 Å². The van der Waals surface area contributed by atoms with Crippen molar-refractivity contribution >= 4 is 5.91 Å². The molecule has 0 unspecified atom stereocenters. The summed E-state index contributed by atoms with van der Waals surface area (Å²) in [4.78, 5) is 12.6. The van der Waals surface area contributed by atoms with E-state index in [1.165, 1.54) is 0 Å². The summed E-state index contributed by atoms with van der Waals surface area (Å²) < 4.78 is 11.7. The lowest BCUT2D eigenvalue weighted by atomic mass is 10.1. The number of carbonyl (C=O) groups is 1. The molecule has 0 bridgehead atoms. The van der Waals surface area contributed by atoms with E-state index in [1.807, 2.05) is 54.6 Å². The number of rotatable bonds is 6. The van der Waals surface area contributed by atoms with E-state index in [0.29, 0.717) is 19.2 Å². The number of amides is 1. The minimum absolute atomic E-state index is 0.0193. The minimum atomic E-state index is -0.387. The van der Waals surface area contributed by atoms with E-state index >= 15 is 0 Å². The normalized spacial score (nSPS) is 19.9. The first kappa shape index (κ1) is 16.0. The summed E-state index contributed by atoms with van der Waals surface area (Å²) in [7, 11) is 0. The van der Waals surface area contributed by atoms with E-state index in [0.717, 1.165) is 29.9 Å². The molecule has 25 heavy (non-hydrogen) atoms. The van der Waals surface area contributed by atoms with Crippen molar-refractivity contribution in [3.63, 3.8) is 0 Å².